The van der Waals surface area contributed by atoms with Crippen LogP contribution >= 0.6 is 0 Å². The molecule has 0 fully saturated rings. The normalized spacial score (nSPS) is 16.7. The zero-order valence-corrected chi connectivity index (χ0v) is 10.9. The topological polar surface area (TPSA) is 47.6 Å². The summed E-state index contributed by atoms with van der Waals surface area (Å²) in [5.41, 5.74) is 0.990. The number of hydrogen-bond acceptors (Lipinski definition) is 3. The largest absolute Gasteiger partial charge is 0.493 e. The third-order valence-electron chi connectivity index (χ3n) is 3.20. The van der Waals surface area contributed by atoms with E-state index in [4.69, 9.17) is 9.47 Å². The molecule has 1 atom stereocenters. The molecule has 0 spiro atoms. The highest BCUT2D eigenvalue weighted by molar-refractivity contribution is 5.71. The molecule has 1 aliphatic rings. The third-order valence-corrected chi connectivity index (χ3v) is 3.20. The van der Waals surface area contributed by atoms with E-state index in [-0.39, 0.29) is 6.04 Å². The molecule has 2 aromatic carbocycles. The van der Waals surface area contributed by atoms with Crippen LogP contribution in [0.4, 0.5) is 4.79 Å². The highest BCUT2D eigenvalue weighted by Gasteiger charge is 2.23. The third kappa shape index (κ3) is 2.74. The van der Waals surface area contributed by atoms with Crippen LogP contribution in [0.15, 0.2) is 54.6 Å². The molecular weight excluding hydrogens is 254 g/mol. The number of hydrogen-bond donors (Lipinski definition) is 1. The number of nitrogens with one attached hydrogen (secondary N) is 1. The Bertz CT molecular complexity index is 598. The minimum absolute atomic E-state index is 0.0730. The molecule has 4 nitrogen and oxygen atoms in total. The molecule has 20 heavy (non-hydrogen) atoms. The summed E-state index contributed by atoms with van der Waals surface area (Å²) in [5.74, 6) is 1.36. The number of fused-ring (bicyclic) bond motifs is 1. The summed E-state index contributed by atoms with van der Waals surface area (Å²) in [6, 6.07) is 16.7. The summed E-state index contributed by atoms with van der Waals surface area (Å²) >= 11 is 0. The molecule has 0 radical (unpaired) electrons. The Kier molecular flexibility index (Phi) is 3.54. The Balaban J connectivity index is 1.68. The number of benzene rings is 2. The maximum Gasteiger partial charge on any atom is 0.413 e. The standard InChI is InChI=1S/C16H15NO3/c18-16(20-12-6-2-1-3-7-12)17-14-10-11-19-15-9-5-4-8-13(14)15/h1-9,14H,10-11H2,(H,17,18). The first kappa shape index (κ1) is 12.5. The van der Waals surface area contributed by atoms with E-state index in [1.807, 2.05) is 42.5 Å². The van der Waals surface area contributed by atoms with Gasteiger partial charge in [0.05, 0.1) is 12.6 Å². The lowest BCUT2D eigenvalue weighted by molar-refractivity contribution is 0.188. The van der Waals surface area contributed by atoms with E-state index in [0.29, 0.717) is 12.4 Å². The van der Waals surface area contributed by atoms with Gasteiger partial charge in [-0.1, -0.05) is 36.4 Å². The second-order valence-corrected chi connectivity index (χ2v) is 4.57. The molecule has 0 bridgehead atoms. The van der Waals surface area contributed by atoms with Gasteiger partial charge >= 0.3 is 6.09 Å². The SMILES string of the molecule is O=C(NC1CCOc2ccccc21)Oc1ccccc1. The van der Waals surface area contributed by atoms with Crippen LogP contribution in [-0.2, 0) is 0 Å². The van der Waals surface area contributed by atoms with Crippen LogP contribution in [0.2, 0.25) is 0 Å². The van der Waals surface area contributed by atoms with E-state index in [9.17, 15) is 4.79 Å². The number of carbonyl (C=O) groups is 1. The van der Waals surface area contributed by atoms with Crippen molar-refractivity contribution >= 4 is 6.09 Å². The molecule has 0 saturated carbocycles. The highest BCUT2D eigenvalue weighted by Crippen LogP contribution is 2.31. The van der Waals surface area contributed by atoms with Gasteiger partial charge in [0.2, 0.25) is 0 Å². The van der Waals surface area contributed by atoms with E-state index in [0.717, 1.165) is 17.7 Å². The Morgan fingerprint density at radius 1 is 1.10 bits per heavy atom. The molecule has 1 heterocycles. The van der Waals surface area contributed by atoms with E-state index in [1.165, 1.54) is 0 Å². The smallest absolute Gasteiger partial charge is 0.413 e. The lowest BCUT2D eigenvalue weighted by atomic mass is 10.0. The van der Waals surface area contributed by atoms with Gasteiger partial charge in [0, 0.05) is 12.0 Å². The first-order valence-corrected chi connectivity index (χ1v) is 6.58. The maximum absolute atomic E-state index is 11.9. The molecule has 0 aromatic heterocycles. The van der Waals surface area contributed by atoms with Gasteiger partial charge < -0.3 is 14.8 Å². The number of carbonyl (C=O) groups excluding carboxylic acids is 1. The second kappa shape index (κ2) is 5.65. The highest BCUT2D eigenvalue weighted by atomic mass is 16.6. The summed E-state index contributed by atoms with van der Waals surface area (Å²) in [5, 5.41) is 2.88. The first-order chi connectivity index (χ1) is 9.83. The van der Waals surface area contributed by atoms with Gasteiger partial charge in [-0.2, -0.15) is 0 Å². The summed E-state index contributed by atoms with van der Waals surface area (Å²) in [7, 11) is 0. The van der Waals surface area contributed by atoms with Crippen molar-refractivity contribution in [3.05, 3.63) is 60.2 Å². The number of rotatable bonds is 2. The molecule has 1 amide bonds. The molecule has 4 heteroatoms. The average Bonchev–Trinajstić information content (AvgIpc) is 2.48. The zero-order chi connectivity index (χ0) is 13.8. The van der Waals surface area contributed by atoms with E-state index < -0.39 is 6.09 Å². The second-order valence-electron chi connectivity index (χ2n) is 4.57. The predicted octanol–water partition coefficient (Wildman–Crippen LogP) is 3.30. The van der Waals surface area contributed by atoms with Gasteiger partial charge in [-0.25, -0.2) is 4.79 Å². The van der Waals surface area contributed by atoms with Crippen LogP contribution in [0.1, 0.15) is 18.0 Å². The van der Waals surface area contributed by atoms with Crippen molar-refractivity contribution in [3.63, 3.8) is 0 Å². The van der Waals surface area contributed by atoms with Gasteiger partial charge in [0.15, 0.2) is 0 Å². The first-order valence-electron chi connectivity index (χ1n) is 6.58. The summed E-state index contributed by atoms with van der Waals surface area (Å²) in [6.07, 6.45) is 0.291. The van der Waals surface area contributed by atoms with Crippen LogP contribution in [0.25, 0.3) is 0 Å². The zero-order valence-electron chi connectivity index (χ0n) is 10.9. The minimum Gasteiger partial charge on any atom is -0.493 e. The van der Waals surface area contributed by atoms with Crippen LogP contribution in [0.5, 0.6) is 11.5 Å². The monoisotopic (exact) mass is 269 g/mol. The van der Waals surface area contributed by atoms with Gasteiger partial charge in [-0.05, 0) is 18.2 Å². The maximum atomic E-state index is 11.9. The Morgan fingerprint density at radius 3 is 2.70 bits per heavy atom. The van der Waals surface area contributed by atoms with Crippen molar-refractivity contribution in [2.24, 2.45) is 0 Å². The van der Waals surface area contributed by atoms with Crippen molar-refractivity contribution in [1.82, 2.24) is 5.32 Å². The Hall–Kier alpha value is -2.49. The fraction of sp³-hybridized carbons (Fsp3) is 0.188. The molecule has 1 unspecified atom stereocenters. The van der Waals surface area contributed by atoms with Crippen molar-refractivity contribution < 1.29 is 14.3 Å². The van der Waals surface area contributed by atoms with Crippen LogP contribution < -0.4 is 14.8 Å². The number of ether oxygens (including phenoxy) is 2. The average molecular weight is 269 g/mol. The molecular formula is C16H15NO3. The van der Waals surface area contributed by atoms with Crippen LogP contribution in [-0.4, -0.2) is 12.7 Å². The molecule has 1 aliphatic heterocycles. The van der Waals surface area contributed by atoms with E-state index in [1.54, 1.807) is 12.1 Å². The van der Waals surface area contributed by atoms with Gasteiger partial charge in [0.25, 0.3) is 0 Å². The number of amides is 1. The van der Waals surface area contributed by atoms with Gasteiger partial charge in [-0.3, -0.25) is 0 Å². The fourth-order valence-corrected chi connectivity index (χ4v) is 2.26. The molecule has 102 valence electrons. The van der Waals surface area contributed by atoms with Crippen molar-refractivity contribution in [3.8, 4) is 11.5 Å². The summed E-state index contributed by atoms with van der Waals surface area (Å²) < 4.78 is 10.8. The molecule has 3 rings (SSSR count). The lowest BCUT2D eigenvalue weighted by Crippen LogP contribution is -2.34. The van der Waals surface area contributed by atoms with Gasteiger partial charge in [-0.15, -0.1) is 0 Å². The van der Waals surface area contributed by atoms with E-state index >= 15 is 0 Å². The molecule has 0 aliphatic carbocycles. The number of para-hydroxylation sites is 2. The summed E-state index contributed by atoms with van der Waals surface area (Å²) in [6.45, 7) is 0.591. The van der Waals surface area contributed by atoms with Gasteiger partial charge in [0.1, 0.15) is 11.5 Å². The predicted molar refractivity (Wildman–Crippen MR) is 74.9 cm³/mol. The van der Waals surface area contributed by atoms with E-state index in [2.05, 4.69) is 5.32 Å². The molecule has 0 saturated heterocycles. The minimum atomic E-state index is -0.446. The van der Waals surface area contributed by atoms with Crippen LogP contribution in [0.3, 0.4) is 0 Å². The quantitative estimate of drug-likeness (QED) is 0.910. The Labute approximate surface area is 117 Å². The fourth-order valence-electron chi connectivity index (χ4n) is 2.26. The summed E-state index contributed by atoms with van der Waals surface area (Å²) in [4.78, 5) is 11.9. The lowest BCUT2D eigenvalue weighted by Gasteiger charge is -2.26. The van der Waals surface area contributed by atoms with Crippen molar-refractivity contribution in [2.75, 3.05) is 6.61 Å². The van der Waals surface area contributed by atoms with Crippen molar-refractivity contribution in [1.29, 1.82) is 0 Å². The van der Waals surface area contributed by atoms with Crippen molar-refractivity contribution in [2.45, 2.75) is 12.5 Å². The molecule has 2 aromatic rings. The Morgan fingerprint density at radius 2 is 1.85 bits per heavy atom. The van der Waals surface area contributed by atoms with Crippen LogP contribution in [0, 0.1) is 0 Å². The molecule has 1 N–H and O–H groups in total.